The number of para-hydroxylation sites is 2. The molecule has 1 atom stereocenters. The van der Waals surface area contributed by atoms with E-state index >= 15 is 0 Å². The summed E-state index contributed by atoms with van der Waals surface area (Å²) in [4.78, 5) is 40.2. The maximum atomic E-state index is 13.6. The molecule has 5 aromatic rings. The summed E-state index contributed by atoms with van der Waals surface area (Å²) < 4.78 is 5.74. The van der Waals surface area contributed by atoms with Crippen molar-refractivity contribution in [3.63, 3.8) is 0 Å². The molecule has 5 rings (SSSR count). The van der Waals surface area contributed by atoms with Crippen molar-refractivity contribution in [2.75, 3.05) is 4.90 Å². The number of ether oxygens (including phenoxy) is 1. The van der Waals surface area contributed by atoms with Crippen molar-refractivity contribution in [3.8, 4) is 11.4 Å². The number of carbonyl (C=O) groups excluding carboxylic acids is 2. The Morgan fingerprint density at radius 2 is 1.61 bits per heavy atom. The molecule has 7 nitrogen and oxygen atoms in total. The summed E-state index contributed by atoms with van der Waals surface area (Å²) in [5, 5.41) is 0. The van der Waals surface area contributed by atoms with E-state index in [2.05, 4.69) is 15.0 Å². The molecule has 2 heterocycles. The van der Waals surface area contributed by atoms with Gasteiger partial charge in [-0.15, -0.1) is 0 Å². The van der Waals surface area contributed by atoms with E-state index in [1.807, 2.05) is 79.7 Å². The topological polar surface area (TPSA) is 88.2 Å². The largest absolute Gasteiger partial charge is 0.449 e. The lowest BCUT2D eigenvalue weighted by Crippen LogP contribution is -2.38. The number of anilines is 2. The van der Waals surface area contributed by atoms with Crippen molar-refractivity contribution in [1.29, 1.82) is 0 Å². The molecule has 7 heteroatoms. The molecule has 0 aliphatic heterocycles. The number of aromatic amines is 1. The molecule has 36 heavy (non-hydrogen) atoms. The van der Waals surface area contributed by atoms with Crippen LogP contribution >= 0.6 is 0 Å². The molecule has 178 valence electrons. The van der Waals surface area contributed by atoms with Crippen molar-refractivity contribution in [3.05, 3.63) is 109 Å². The fourth-order valence-corrected chi connectivity index (χ4v) is 3.98. The van der Waals surface area contributed by atoms with Crippen molar-refractivity contribution < 1.29 is 14.3 Å². The zero-order valence-electron chi connectivity index (χ0n) is 19.7. The second-order valence-corrected chi connectivity index (χ2v) is 8.21. The number of nitrogens with zero attached hydrogens (tertiary/aromatic N) is 3. The number of pyridine rings is 1. The van der Waals surface area contributed by atoms with Gasteiger partial charge in [-0.05, 0) is 61.0 Å². The predicted molar refractivity (Wildman–Crippen MR) is 139 cm³/mol. The van der Waals surface area contributed by atoms with E-state index < -0.39 is 12.1 Å². The molecule has 1 amide bonds. The summed E-state index contributed by atoms with van der Waals surface area (Å²) in [6.07, 6.45) is 2.79. The molecule has 2 aromatic heterocycles. The number of benzene rings is 3. The summed E-state index contributed by atoms with van der Waals surface area (Å²) in [5.41, 5.74) is 3.98. The molecule has 0 saturated carbocycles. The normalized spacial score (nSPS) is 11.7. The van der Waals surface area contributed by atoms with Gasteiger partial charge in [-0.25, -0.2) is 9.78 Å². The van der Waals surface area contributed by atoms with Gasteiger partial charge in [-0.3, -0.25) is 14.7 Å². The third-order valence-electron chi connectivity index (χ3n) is 5.80. The van der Waals surface area contributed by atoms with E-state index in [4.69, 9.17) is 4.74 Å². The molecule has 1 unspecified atom stereocenters. The summed E-state index contributed by atoms with van der Waals surface area (Å²) in [5.74, 6) is -0.230. The van der Waals surface area contributed by atoms with Gasteiger partial charge >= 0.3 is 5.97 Å². The fourth-order valence-electron chi connectivity index (χ4n) is 3.98. The molecule has 0 radical (unpaired) electrons. The third-order valence-corrected chi connectivity index (χ3v) is 5.80. The molecule has 0 saturated heterocycles. The standard InChI is InChI=1S/C29H24N4O3/c1-2-26(28(34)33(22-11-5-3-6-12-22)23-13-7-4-8-14-23)36-29(35)20-15-16-24-25(18-20)32-27(31-24)21-10-9-17-30-19-21/h3-19,26H,2H2,1H3,(H,31,32). The highest BCUT2D eigenvalue weighted by atomic mass is 16.5. The van der Waals surface area contributed by atoms with Gasteiger partial charge < -0.3 is 9.72 Å². The Kier molecular flexibility index (Phi) is 6.53. The first kappa shape index (κ1) is 23.0. The van der Waals surface area contributed by atoms with Crippen LogP contribution in [0.2, 0.25) is 0 Å². The monoisotopic (exact) mass is 476 g/mol. The molecule has 0 fully saturated rings. The predicted octanol–water partition coefficient (Wildman–Crippen LogP) is 5.93. The van der Waals surface area contributed by atoms with Gasteiger partial charge in [0, 0.05) is 29.3 Å². The van der Waals surface area contributed by atoms with E-state index in [9.17, 15) is 9.59 Å². The van der Waals surface area contributed by atoms with Crippen LogP contribution < -0.4 is 4.90 Å². The van der Waals surface area contributed by atoms with Gasteiger partial charge in [0.1, 0.15) is 5.82 Å². The van der Waals surface area contributed by atoms with E-state index in [1.165, 1.54) is 0 Å². The van der Waals surface area contributed by atoms with Crippen molar-refractivity contribution in [2.24, 2.45) is 0 Å². The number of rotatable bonds is 7. The maximum Gasteiger partial charge on any atom is 0.338 e. The number of hydrogen-bond donors (Lipinski definition) is 1. The minimum atomic E-state index is -0.957. The highest BCUT2D eigenvalue weighted by Crippen LogP contribution is 2.27. The Balaban J connectivity index is 1.40. The van der Waals surface area contributed by atoms with E-state index in [0.717, 1.165) is 5.56 Å². The zero-order chi connectivity index (χ0) is 24.9. The number of nitrogens with one attached hydrogen (secondary N) is 1. The quantitative estimate of drug-likeness (QED) is 0.294. The molecule has 0 aliphatic rings. The molecule has 0 bridgehead atoms. The Bertz CT molecular complexity index is 1450. The van der Waals surface area contributed by atoms with E-state index in [0.29, 0.717) is 40.2 Å². The first-order valence-electron chi connectivity index (χ1n) is 11.7. The molecule has 1 N–H and O–H groups in total. The second kappa shape index (κ2) is 10.2. The number of imidazole rings is 1. The number of esters is 1. The SMILES string of the molecule is CCC(OC(=O)c1ccc2nc(-c3cccnc3)[nH]c2c1)C(=O)N(c1ccccc1)c1ccccc1. The first-order valence-corrected chi connectivity index (χ1v) is 11.7. The van der Waals surface area contributed by atoms with Crippen LogP contribution in [-0.2, 0) is 9.53 Å². The first-order chi connectivity index (χ1) is 17.6. The van der Waals surface area contributed by atoms with Gasteiger partial charge in [0.2, 0.25) is 0 Å². The summed E-state index contributed by atoms with van der Waals surface area (Å²) >= 11 is 0. The Hall–Kier alpha value is -4.78. The van der Waals surface area contributed by atoms with Gasteiger partial charge in [0.25, 0.3) is 5.91 Å². The number of H-pyrrole nitrogens is 1. The number of aromatic nitrogens is 3. The van der Waals surface area contributed by atoms with Crippen LogP contribution in [0.3, 0.4) is 0 Å². The Labute approximate surface area is 208 Å². The summed E-state index contributed by atoms with van der Waals surface area (Å²) in [7, 11) is 0. The lowest BCUT2D eigenvalue weighted by Gasteiger charge is -2.27. The average molecular weight is 477 g/mol. The lowest BCUT2D eigenvalue weighted by atomic mass is 10.1. The number of amides is 1. The highest BCUT2D eigenvalue weighted by molar-refractivity contribution is 6.04. The minimum absolute atomic E-state index is 0.315. The van der Waals surface area contributed by atoms with Crippen LogP contribution in [0.5, 0.6) is 0 Å². The maximum absolute atomic E-state index is 13.6. The van der Waals surface area contributed by atoms with E-state index in [1.54, 1.807) is 35.5 Å². The van der Waals surface area contributed by atoms with Crippen molar-refractivity contribution in [2.45, 2.75) is 19.4 Å². The minimum Gasteiger partial charge on any atom is -0.449 e. The molecule has 3 aromatic carbocycles. The Morgan fingerprint density at radius 3 is 2.22 bits per heavy atom. The number of hydrogen-bond acceptors (Lipinski definition) is 5. The smallest absolute Gasteiger partial charge is 0.338 e. The zero-order valence-corrected chi connectivity index (χ0v) is 19.7. The number of fused-ring (bicyclic) bond motifs is 1. The number of carbonyl (C=O) groups is 2. The van der Waals surface area contributed by atoms with Crippen LogP contribution in [0.1, 0.15) is 23.7 Å². The van der Waals surface area contributed by atoms with Gasteiger partial charge in [0.15, 0.2) is 6.10 Å². The van der Waals surface area contributed by atoms with Crippen LogP contribution in [-0.4, -0.2) is 32.9 Å². The van der Waals surface area contributed by atoms with Crippen LogP contribution in [0.4, 0.5) is 11.4 Å². The third kappa shape index (κ3) is 4.72. The van der Waals surface area contributed by atoms with Crippen molar-refractivity contribution >= 4 is 34.3 Å². The highest BCUT2D eigenvalue weighted by Gasteiger charge is 2.29. The summed E-state index contributed by atoms with van der Waals surface area (Å²) in [6.45, 7) is 1.82. The van der Waals surface area contributed by atoms with Gasteiger partial charge in [-0.2, -0.15) is 0 Å². The van der Waals surface area contributed by atoms with Crippen molar-refractivity contribution in [1.82, 2.24) is 15.0 Å². The molecular formula is C29H24N4O3. The summed E-state index contributed by atoms with van der Waals surface area (Å²) in [6, 6.07) is 27.5. The second-order valence-electron chi connectivity index (χ2n) is 8.21. The van der Waals surface area contributed by atoms with Gasteiger partial charge in [0.05, 0.1) is 16.6 Å². The van der Waals surface area contributed by atoms with E-state index in [-0.39, 0.29) is 5.91 Å². The molecule has 0 aliphatic carbocycles. The lowest BCUT2D eigenvalue weighted by molar-refractivity contribution is -0.126. The fraction of sp³-hybridized carbons (Fsp3) is 0.103. The van der Waals surface area contributed by atoms with Crippen LogP contribution in [0.25, 0.3) is 22.4 Å². The van der Waals surface area contributed by atoms with Crippen LogP contribution in [0, 0.1) is 0 Å². The molecular weight excluding hydrogens is 452 g/mol. The Morgan fingerprint density at radius 1 is 0.917 bits per heavy atom. The molecule has 0 spiro atoms. The van der Waals surface area contributed by atoms with Gasteiger partial charge in [-0.1, -0.05) is 43.3 Å². The van der Waals surface area contributed by atoms with Crippen LogP contribution in [0.15, 0.2) is 103 Å². The average Bonchev–Trinajstić information content (AvgIpc) is 3.37.